The van der Waals surface area contributed by atoms with Crippen LogP contribution in [0.5, 0.6) is 11.6 Å². The van der Waals surface area contributed by atoms with Gasteiger partial charge in [0, 0.05) is 18.3 Å². The van der Waals surface area contributed by atoms with Gasteiger partial charge in [-0.25, -0.2) is 14.4 Å². The van der Waals surface area contributed by atoms with Crippen LogP contribution in [-0.4, -0.2) is 35.2 Å². The molecule has 0 amide bonds. The van der Waals surface area contributed by atoms with Gasteiger partial charge in [0.15, 0.2) is 5.65 Å². The number of ether oxygens (including phenoxy) is 2. The predicted molar refractivity (Wildman–Crippen MR) is 101 cm³/mol. The van der Waals surface area contributed by atoms with Crippen molar-refractivity contribution >= 4 is 33.8 Å². The third kappa shape index (κ3) is 4.18. The largest absolute Gasteiger partial charge is 0.492 e. The van der Waals surface area contributed by atoms with Crippen molar-refractivity contribution in [1.29, 1.82) is 0 Å². The summed E-state index contributed by atoms with van der Waals surface area (Å²) in [6.07, 6.45) is 2.94. The molecule has 25 heavy (non-hydrogen) atoms. The fraction of sp³-hybridized carbons (Fsp3) is 0.294. The van der Waals surface area contributed by atoms with E-state index >= 15 is 0 Å². The van der Waals surface area contributed by atoms with Crippen LogP contribution in [0.15, 0.2) is 30.6 Å². The molecule has 1 aromatic carbocycles. The molecule has 3 aromatic rings. The first-order chi connectivity index (χ1) is 12.1. The third-order valence-electron chi connectivity index (χ3n) is 3.63. The Hall–Kier alpha value is -1.94. The van der Waals surface area contributed by atoms with Crippen molar-refractivity contribution in [3.05, 3.63) is 45.5 Å². The van der Waals surface area contributed by atoms with Gasteiger partial charge in [-0.3, -0.25) is 0 Å². The number of H-pyrrole nitrogens is 1. The average molecular weight is 456 g/mol. The number of likely N-dealkylation sites (N-methyl/N-ethyl adjacent to an activating group) is 1. The highest BCUT2D eigenvalue weighted by atomic mass is 127. The number of benzene rings is 1. The maximum atomic E-state index is 13.7. The number of aromatic amines is 1. The van der Waals surface area contributed by atoms with Crippen molar-refractivity contribution < 1.29 is 13.9 Å². The fourth-order valence-corrected chi connectivity index (χ4v) is 2.91. The summed E-state index contributed by atoms with van der Waals surface area (Å²) >= 11 is 2.18. The van der Waals surface area contributed by atoms with E-state index < -0.39 is 6.10 Å². The zero-order valence-corrected chi connectivity index (χ0v) is 16.0. The Kier molecular flexibility index (Phi) is 5.69. The number of aromatic nitrogens is 3. The van der Waals surface area contributed by atoms with E-state index in [0.717, 1.165) is 9.09 Å². The molecule has 0 bridgehead atoms. The number of rotatable bonds is 7. The van der Waals surface area contributed by atoms with Crippen LogP contribution in [0.3, 0.4) is 0 Å². The van der Waals surface area contributed by atoms with E-state index in [1.54, 1.807) is 12.3 Å². The lowest BCUT2D eigenvalue weighted by Crippen LogP contribution is -2.17. The second-order valence-corrected chi connectivity index (χ2v) is 6.60. The van der Waals surface area contributed by atoms with E-state index in [1.807, 2.05) is 20.2 Å². The Morgan fingerprint density at radius 2 is 2.24 bits per heavy atom. The first kappa shape index (κ1) is 17.9. The summed E-state index contributed by atoms with van der Waals surface area (Å²) in [5.74, 6) is 0.630. The Balaban J connectivity index is 1.82. The monoisotopic (exact) mass is 456 g/mol. The highest BCUT2D eigenvalue weighted by Gasteiger charge is 2.16. The SMILES string of the molecule is CNCCOc1ccc(F)cc1[C@@H](C)Oc1cnc2[nH]cc(I)c2n1. The molecule has 0 aliphatic carbocycles. The van der Waals surface area contributed by atoms with Gasteiger partial charge >= 0.3 is 0 Å². The van der Waals surface area contributed by atoms with Gasteiger partial charge in [0.05, 0.1) is 9.77 Å². The molecule has 8 heteroatoms. The molecule has 0 saturated carbocycles. The Morgan fingerprint density at radius 1 is 1.40 bits per heavy atom. The number of hydrogen-bond acceptors (Lipinski definition) is 5. The summed E-state index contributed by atoms with van der Waals surface area (Å²) in [5, 5.41) is 3.01. The quantitative estimate of drug-likeness (QED) is 0.421. The number of nitrogens with zero attached hydrogens (tertiary/aromatic N) is 2. The zero-order valence-electron chi connectivity index (χ0n) is 13.8. The Bertz CT molecular complexity index is 871. The Morgan fingerprint density at radius 3 is 3.04 bits per heavy atom. The van der Waals surface area contributed by atoms with Crippen LogP contribution in [0.4, 0.5) is 4.39 Å². The molecule has 0 radical (unpaired) electrons. The molecule has 0 saturated heterocycles. The highest BCUT2D eigenvalue weighted by Crippen LogP contribution is 2.30. The molecule has 1 atom stereocenters. The van der Waals surface area contributed by atoms with Crippen LogP contribution in [0.1, 0.15) is 18.6 Å². The zero-order chi connectivity index (χ0) is 17.8. The third-order valence-corrected chi connectivity index (χ3v) is 4.45. The molecule has 3 rings (SSSR count). The number of halogens is 2. The van der Waals surface area contributed by atoms with Gasteiger partial charge in [-0.15, -0.1) is 0 Å². The molecule has 2 heterocycles. The standard InChI is InChI=1S/C17H18FIN4O2/c1-10(12-7-11(18)3-4-14(12)24-6-5-20-2)25-15-9-22-17-16(23-15)13(19)8-21-17/h3-4,7-10,20H,5-6H2,1-2H3,(H,21,22)/t10-/m1/s1. The molecule has 2 aromatic heterocycles. The van der Waals surface area contributed by atoms with Crippen LogP contribution >= 0.6 is 22.6 Å². The number of nitrogens with one attached hydrogen (secondary N) is 2. The topological polar surface area (TPSA) is 72.1 Å². The molecular weight excluding hydrogens is 438 g/mol. The van der Waals surface area contributed by atoms with Gasteiger partial charge < -0.3 is 19.8 Å². The maximum Gasteiger partial charge on any atom is 0.233 e. The summed E-state index contributed by atoms with van der Waals surface area (Å²) in [5.41, 5.74) is 2.07. The van der Waals surface area contributed by atoms with Crippen LogP contribution in [0, 0.1) is 9.39 Å². The molecule has 132 valence electrons. The molecule has 0 fully saturated rings. The normalized spacial score (nSPS) is 12.3. The minimum atomic E-state index is -0.441. The summed E-state index contributed by atoms with van der Waals surface area (Å²) in [6.45, 7) is 3.00. The summed E-state index contributed by atoms with van der Waals surface area (Å²) in [6, 6.07) is 4.41. The molecule has 2 N–H and O–H groups in total. The van der Waals surface area contributed by atoms with Gasteiger partial charge in [-0.2, -0.15) is 0 Å². The summed E-state index contributed by atoms with van der Waals surface area (Å²) in [4.78, 5) is 11.8. The molecular formula is C17H18FIN4O2. The van der Waals surface area contributed by atoms with Crippen LogP contribution in [0.2, 0.25) is 0 Å². The lowest BCUT2D eigenvalue weighted by atomic mass is 10.1. The minimum absolute atomic E-state index is 0.340. The Labute approximate surface area is 158 Å². The highest BCUT2D eigenvalue weighted by molar-refractivity contribution is 14.1. The van der Waals surface area contributed by atoms with E-state index in [-0.39, 0.29) is 5.82 Å². The predicted octanol–water partition coefficient (Wildman–Crippen LogP) is 3.44. The van der Waals surface area contributed by atoms with Crippen LogP contribution in [0.25, 0.3) is 11.2 Å². The van der Waals surface area contributed by atoms with Gasteiger partial charge in [0.2, 0.25) is 5.88 Å². The van der Waals surface area contributed by atoms with Gasteiger partial charge in [0.25, 0.3) is 0 Å². The maximum absolute atomic E-state index is 13.7. The first-order valence-corrected chi connectivity index (χ1v) is 8.89. The summed E-state index contributed by atoms with van der Waals surface area (Å²) in [7, 11) is 1.85. The van der Waals surface area contributed by atoms with Crippen molar-refractivity contribution in [2.45, 2.75) is 13.0 Å². The lowest BCUT2D eigenvalue weighted by molar-refractivity contribution is 0.208. The number of hydrogen-bond donors (Lipinski definition) is 2. The van der Waals surface area contributed by atoms with Gasteiger partial charge in [-0.1, -0.05) is 0 Å². The van der Waals surface area contributed by atoms with E-state index in [0.29, 0.717) is 36.0 Å². The minimum Gasteiger partial charge on any atom is -0.492 e. The van der Waals surface area contributed by atoms with E-state index in [1.165, 1.54) is 12.1 Å². The summed E-state index contributed by atoms with van der Waals surface area (Å²) < 4.78 is 26.3. The van der Waals surface area contributed by atoms with Gasteiger partial charge in [0.1, 0.15) is 29.8 Å². The van der Waals surface area contributed by atoms with Crippen molar-refractivity contribution in [3.8, 4) is 11.6 Å². The molecule has 0 spiro atoms. The van der Waals surface area contributed by atoms with Crippen molar-refractivity contribution in [2.24, 2.45) is 0 Å². The fourth-order valence-electron chi connectivity index (χ4n) is 2.38. The second kappa shape index (κ2) is 7.96. The van der Waals surface area contributed by atoms with E-state index in [4.69, 9.17) is 9.47 Å². The van der Waals surface area contributed by atoms with Gasteiger partial charge in [-0.05, 0) is 54.8 Å². The second-order valence-electron chi connectivity index (χ2n) is 5.44. The van der Waals surface area contributed by atoms with E-state index in [9.17, 15) is 4.39 Å². The molecule has 0 unspecified atom stereocenters. The average Bonchev–Trinajstić information content (AvgIpc) is 2.97. The van der Waals surface area contributed by atoms with E-state index in [2.05, 4.69) is 42.9 Å². The van der Waals surface area contributed by atoms with Crippen LogP contribution in [-0.2, 0) is 0 Å². The smallest absolute Gasteiger partial charge is 0.233 e. The van der Waals surface area contributed by atoms with Crippen molar-refractivity contribution in [3.63, 3.8) is 0 Å². The lowest BCUT2D eigenvalue weighted by Gasteiger charge is -2.18. The first-order valence-electron chi connectivity index (χ1n) is 7.81. The number of fused-ring (bicyclic) bond motifs is 1. The molecule has 0 aliphatic rings. The van der Waals surface area contributed by atoms with Crippen molar-refractivity contribution in [2.75, 3.05) is 20.2 Å². The van der Waals surface area contributed by atoms with Crippen molar-refractivity contribution in [1.82, 2.24) is 20.3 Å². The van der Waals surface area contributed by atoms with Crippen LogP contribution < -0.4 is 14.8 Å². The molecule has 0 aliphatic heterocycles. The molecule has 6 nitrogen and oxygen atoms in total.